The lowest BCUT2D eigenvalue weighted by molar-refractivity contribution is -0.120. The lowest BCUT2D eigenvalue weighted by atomic mass is 9.53. The van der Waals surface area contributed by atoms with Crippen LogP contribution < -0.4 is 10.6 Å². The molecule has 20 heavy (non-hydrogen) atoms. The number of hydrogen-bond donors (Lipinski definition) is 2. The maximum absolute atomic E-state index is 11.8. The molecule has 0 atom stereocenters. The van der Waals surface area contributed by atoms with Crippen molar-refractivity contribution in [3.8, 4) is 0 Å². The highest BCUT2D eigenvalue weighted by Gasteiger charge is 2.51. The summed E-state index contributed by atoms with van der Waals surface area (Å²) in [6.45, 7) is 4.10. The summed E-state index contributed by atoms with van der Waals surface area (Å²) in [5, 5.41) is 6.95. The molecule has 0 unspecified atom stereocenters. The monoisotopic (exact) mass is 294 g/mol. The number of nitrogens with one attached hydrogen (secondary N) is 2. The molecule has 4 heteroatoms. The molecule has 112 valence electrons. The fraction of sp³-hybridized carbons (Fsp3) is 0.875. The van der Waals surface area contributed by atoms with Gasteiger partial charge in [0.1, 0.15) is 0 Å². The Kier molecular flexibility index (Phi) is 3.78. The van der Waals surface area contributed by atoms with Gasteiger partial charge in [0.15, 0.2) is 5.11 Å². The quantitative estimate of drug-likeness (QED) is 0.786. The first kappa shape index (κ1) is 14.3. The van der Waals surface area contributed by atoms with Crippen LogP contribution in [-0.4, -0.2) is 16.6 Å². The first-order valence-electron chi connectivity index (χ1n) is 8.06. The Labute approximate surface area is 127 Å². The smallest absolute Gasteiger partial charge is 0.226 e. The van der Waals surface area contributed by atoms with Gasteiger partial charge in [-0.25, -0.2) is 0 Å². The van der Waals surface area contributed by atoms with Crippen LogP contribution >= 0.6 is 12.2 Å². The summed E-state index contributed by atoms with van der Waals surface area (Å²) in [7, 11) is 0. The van der Waals surface area contributed by atoms with Crippen molar-refractivity contribution in [2.75, 3.05) is 0 Å². The third-order valence-corrected chi connectivity index (χ3v) is 5.47. The predicted octanol–water partition coefficient (Wildman–Crippen LogP) is 2.99. The second-order valence-corrected chi connectivity index (χ2v) is 8.21. The molecule has 3 nitrogen and oxygen atoms in total. The average molecular weight is 294 g/mol. The van der Waals surface area contributed by atoms with Crippen LogP contribution in [0.15, 0.2) is 0 Å². The zero-order valence-corrected chi connectivity index (χ0v) is 13.4. The van der Waals surface area contributed by atoms with Gasteiger partial charge in [-0.05, 0) is 74.4 Å². The molecule has 0 aliphatic heterocycles. The summed E-state index contributed by atoms with van der Waals surface area (Å²) in [5.74, 6) is 3.09. The van der Waals surface area contributed by atoms with Crippen molar-refractivity contribution in [3.63, 3.8) is 0 Å². The van der Waals surface area contributed by atoms with Gasteiger partial charge in [0.05, 0.1) is 0 Å². The van der Waals surface area contributed by atoms with Crippen molar-refractivity contribution in [2.45, 2.75) is 64.3 Å². The van der Waals surface area contributed by atoms with E-state index in [0.29, 0.717) is 17.5 Å². The number of amides is 1. The van der Waals surface area contributed by atoms with Crippen LogP contribution in [0.2, 0.25) is 0 Å². The molecule has 0 spiro atoms. The van der Waals surface area contributed by atoms with E-state index in [2.05, 4.69) is 24.5 Å². The molecule has 0 heterocycles. The fourth-order valence-corrected chi connectivity index (χ4v) is 5.41. The molecule has 4 aliphatic carbocycles. The summed E-state index contributed by atoms with van der Waals surface area (Å²) in [4.78, 5) is 11.8. The third-order valence-electron chi connectivity index (χ3n) is 5.26. The molecule has 0 aromatic heterocycles. The molecule has 4 rings (SSSR count). The van der Waals surface area contributed by atoms with Gasteiger partial charge >= 0.3 is 0 Å². The second kappa shape index (κ2) is 5.28. The lowest BCUT2D eigenvalue weighted by Gasteiger charge is -2.57. The first-order chi connectivity index (χ1) is 9.44. The first-order valence-corrected chi connectivity index (χ1v) is 8.47. The SMILES string of the molecule is CC(C)CC(=O)NC(=S)NC12CC3CC(CC(C3)C1)C2. The van der Waals surface area contributed by atoms with Gasteiger partial charge in [-0.2, -0.15) is 0 Å². The minimum Gasteiger partial charge on any atom is -0.357 e. The molecule has 4 bridgehead atoms. The van der Waals surface area contributed by atoms with Crippen molar-refractivity contribution >= 4 is 23.2 Å². The topological polar surface area (TPSA) is 41.1 Å². The average Bonchev–Trinajstić information content (AvgIpc) is 2.23. The van der Waals surface area contributed by atoms with E-state index in [9.17, 15) is 4.79 Å². The van der Waals surface area contributed by atoms with Crippen molar-refractivity contribution in [3.05, 3.63) is 0 Å². The molecule has 0 radical (unpaired) electrons. The summed E-state index contributed by atoms with van der Waals surface area (Å²) in [6, 6.07) is 0. The van der Waals surface area contributed by atoms with Crippen molar-refractivity contribution in [2.24, 2.45) is 23.7 Å². The van der Waals surface area contributed by atoms with Crippen LogP contribution in [0.4, 0.5) is 0 Å². The van der Waals surface area contributed by atoms with Crippen LogP contribution in [0.1, 0.15) is 58.8 Å². The predicted molar refractivity (Wildman–Crippen MR) is 84.2 cm³/mol. The number of carbonyl (C=O) groups excluding carboxylic acids is 1. The van der Waals surface area contributed by atoms with E-state index in [0.717, 1.165) is 17.8 Å². The van der Waals surface area contributed by atoms with Crippen molar-refractivity contribution in [1.82, 2.24) is 10.6 Å². The van der Waals surface area contributed by atoms with Crippen LogP contribution in [-0.2, 0) is 4.79 Å². The minimum atomic E-state index is 0.0437. The molecule has 4 aliphatic rings. The minimum absolute atomic E-state index is 0.0437. The molecule has 0 aromatic rings. The number of hydrogen-bond acceptors (Lipinski definition) is 2. The maximum Gasteiger partial charge on any atom is 0.226 e. The van der Waals surface area contributed by atoms with Crippen LogP contribution in [0.25, 0.3) is 0 Å². The van der Waals surface area contributed by atoms with Crippen molar-refractivity contribution < 1.29 is 4.79 Å². The fourth-order valence-electron chi connectivity index (χ4n) is 5.08. The maximum atomic E-state index is 11.8. The molecular formula is C16H26N2OS. The van der Waals surface area contributed by atoms with Gasteiger partial charge in [0.2, 0.25) is 5.91 Å². The van der Waals surface area contributed by atoms with E-state index in [-0.39, 0.29) is 11.4 Å². The van der Waals surface area contributed by atoms with Gasteiger partial charge in [-0.3, -0.25) is 4.79 Å². The van der Waals surface area contributed by atoms with Gasteiger partial charge in [-0.1, -0.05) is 13.8 Å². The summed E-state index contributed by atoms with van der Waals surface area (Å²) < 4.78 is 0. The molecule has 0 aromatic carbocycles. The van der Waals surface area contributed by atoms with Gasteiger partial charge in [0.25, 0.3) is 0 Å². The molecule has 4 saturated carbocycles. The lowest BCUT2D eigenvalue weighted by Crippen LogP contribution is -2.61. The van der Waals surface area contributed by atoms with Crippen LogP contribution in [0, 0.1) is 23.7 Å². The Hall–Kier alpha value is -0.640. The third kappa shape index (κ3) is 3.00. The Morgan fingerprint density at radius 1 is 1.15 bits per heavy atom. The van der Waals surface area contributed by atoms with E-state index in [1.54, 1.807) is 0 Å². The van der Waals surface area contributed by atoms with E-state index < -0.39 is 0 Å². The summed E-state index contributed by atoms with van der Waals surface area (Å²) >= 11 is 5.38. The second-order valence-electron chi connectivity index (χ2n) is 7.80. The number of rotatable bonds is 3. The summed E-state index contributed by atoms with van der Waals surface area (Å²) in [6.07, 6.45) is 8.56. The molecule has 2 N–H and O–H groups in total. The Morgan fingerprint density at radius 2 is 1.65 bits per heavy atom. The Balaban J connectivity index is 1.57. The van der Waals surface area contributed by atoms with Gasteiger partial charge in [0, 0.05) is 12.0 Å². The number of thiocarbonyl (C=S) groups is 1. The van der Waals surface area contributed by atoms with Crippen molar-refractivity contribution in [1.29, 1.82) is 0 Å². The Morgan fingerprint density at radius 3 is 2.10 bits per heavy atom. The van der Waals surface area contributed by atoms with E-state index >= 15 is 0 Å². The highest BCUT2D eigenvalue weighted by atomic mass is 32.1. The van der Waals surface area contributed by atoms with E-state index in [1.807, 2.05) is 0 Å². The zero-order chi connectivity index (χ0) is 14.3. The van der Waals surface area contributed by atoms with E-state index in [1.165, 1.54) is 38.5 Å². The molecule has 0 saturated heterocycles. The number of carbonyl (C=O) groups is 1. The Bertz CT molecular complexity index is 383. The summed E-state index contributed by atoms with van der Waals surface area (Å²) in [5.41, 5.74) is 0.191. The largest absolute Gasteiger partial charge is 0.357 e. The van der Waals surface area contributed by atoms with Crippen LogP contribution in [0.5, 0.6) is 0 Å². The normalized spacial score (nSPS) is 38.0. The molecular weight excluding hydrogens is 268 g/mol. The van der Waals surface area contributed by atoms with Gasteiger partial charge < -0.3 is 10.6 Å². The molecule has 1 amide bonds. The highest BCUT2D eigenvalue weighted by molar-refractivity contribution is 7.80. The van der Waals surface area contributed by atoms with Crippen LogP contribution in [0.3, 0.4) is 0 Å². The van der Waals surface area contributed by atoms with E-state index in [4.69, 9.17) is 12.2 Å². The van der Waals surface area contributed by atoms with Gasteiger partial charge in [-0.15, -0.1) is 0 Å². The molecule has 4 fully saturated rings. The standard InChI is InChI=1S/C16H26N2OS/c1-10(2)3-14(19)17-15(20)18-16-7-11-4-12(8-16)6-13(5-11)9-16/h10-13H,3-9H2,1-2H3,(H2,17,18,19,20). The zero-order valence-electron chi connectivity index (χ0n) is 12.6. The highest BCUT2D eigenvalue weighted by Crippen LogP contribution is 2.55.